The summed E-state index contributed by atoms with van der Waals surface area (Å²) in [7, 11) is 0. The third kappa shape index (κ3) is 2.29. The molecule has 0 radical (unpaired) electrons. The molecule has 3 nitrogen and oxygen atoms in total. The predicted molar refractivity (Wildman–Crippen MR) is 71.7 cm³/mol. The van der Waals surface area contributed by atoms with Crippen molar-refractivity contribution in [1.29, 1.82) is 0 Å². The number of rotatable bonds is 0. The topological polar surface area (TPSA) is 38.7 Å². The summed E-state index contributed by atoms with van der Waals surface area (Å²) in [5.74, 6) is 0.818. The van der Waals surface area contributed by atoms with Crippen LogP contribution in [0.2, 0.25) is 0 Å². The number of aliphatic hydroxyl groups excluding tert-OH is 1. The molecule has 0 saturated carbocycles. The van der Waals surface area contributed by atoms with E-state index in [1.807, 2.05) is 18.2 Å². The Hall–Kier alpha value is -0.580. The highest BCUT2D eigenvalue weighted by molar-refractivity contribution is 9.10. The number of fused-ring (bicyclic) bond motifs is 1. The number of hydrogen-bond donors (Lipinski definition) is 1. The first-order chi connectivity index (χ1) is 8.69. The Morgan fingerprint density at radius 1 is 1.28 bits per heavy atom. The summed E-state index contributed by atoms with van der Waals surface area (Å²) in [4.78, 5) is 0. The highest BCUT2D eigenvalue weighted by Crippen LogP contribution is 2.44. The fourth-order valence-corrected chi connectivity index (χ4v) is 3.28. The van der Waals surface area contributed by atoms with E-state index in [9.17, 15) is 5.11 Å². The molecule has 0 amide bonds. The maximum atomic E-state index is 10.4. The van der Waals surface area contributed by atoms with Crippen molar-refractivity contribution < 1.29 is 14.6 Å². The van der Waals surface area contributed by atoms with Crippen molar-refractivity contribution in [3.8, 4) is 5.75 Å². The van der Waals surface area contributed by atoms with Gasteiger partial charge in [0.1, 0.15) is 11.4 Å². The van der Waals surface area contributed by atoms with Gasteiger partial charge in [0.2, 0.25) is 0 Å². The molecule has 18 heavy (non-hydrogen) atoms. The Labute approximate surface area is 115 Å². The van der Waals surface area contributed by atoms with Crippen molar-refractivity contribution in [1.82, 2.24) is 0 Å². The highest BCUT2D eigenvalue weighted by Gasteiger charge is 2.40. The van der Waals surface area contributed by atoms with Crippen LogP contribution in [0, 0.1) is 0 Å². The molecule has 1 unspecified atom stereocenters. The van der Waals surface area contributed by atoms with Gasteiger partial charge in [-0.2, -0.15) is 0 Å². The molecule has 2 aliphatic heterocycles. The minimum atomic E-state index is -0.440. The second-order valence-electron chi connectivity index (χ2n) is 5.15. The summed E-state index contributed by atoms with van der Waals surface area (Å²) in [6.45, 7) is 1.52. The van der Waals surface area contributed by atoms with Crippen LogP contribution in [0.15, 0.2) is 22.7 Å². The van der Waals surface area contributed by atoms with E-state index in [4.69, 9.17) is 9.47 Å². The molecule has 2 heterocycles. The molecule has 0 bridgehead atoms. The minimum absolute atomic E-state index is 0.239. The maximum Gasteiger partial charge on any atom is 0.126 e. The van der Waals surface area contributed by atoms with Gasteiger partial charge in [0.05, 0.1) is 12.7 Å². The van der Waals surface area contributed by atoms with Gasteiger partial charge in [-0.1, -0.05) is 15.9 Å². The maximum absolute atomic E-state index is 10.4. The van der Waals surface area contributed by atoms with Gasteiger partial charge in [-0.25, -0.2) is 0 Å². The van der Waals surface area contributed by atoms with Gasteiger partial charge >= 0.3 is 0 Å². The van der Waals surface area contributed by atoms with Crippen LogP contribution in [0.25, 0.3) is 0 Å². The van der Waals surface area contributed by atoms with E-state index in [0.717, 1.165) is 48.3 Å². The van der Waals surface area contributed by atoms with Crippen molar-refractivity contribution in [2.75, 3.05) is 13.2 Å². The Balaban J connectivity index is 1.92. The van der Waals surface area contributed by atoms with E-state index in [-0.39, 0.29) is 5.60 Å². The van der Waals surface area contributed by atoms with Crippen molar-refractivity contribution in [3.63, 3.8) is 0 Å². The fraction of sp³-hybridized carbons (Fsp3) is 0.571. The van der Waals surface area contributed by atoms with E-state index in [1.54, 1.807) is 0 Å². The zero-order valence-electron chi connectivity index (χ0n) is 10.2. The van der Waals surface area contributed by atoms with Gasteiger partial charge in [0, 0.05) is 29.5 Å². The highest BCUT2D eigenvalue weighted by atomic mass is 79.9. The molecule has 1 spiro atoms. The van der Waals surface area contributed by atoms with Crippen LogP contribution in [0.5, 0.6) is 5.75 Å². The Bertz CT molecular complexity index is 439. The summed E-state index contributed by atoms with van der Waals surface area (Å²) in [6.07, 6.45) is 3.04. The smallest absolute Gasteiger partial charge is 0.126 e. The molecule has 1 N–H and O–H groups in total. The standard InChI is InChI=1S/C14H17BrO3/c15-10-2-3-13-11(8-10)12(16)9-14(18-13)4-1-6-17-7-5-14/h2-3,8,12,16H,1,4-7,9H2/t12-,14?/m0/s1. The van der Waals surface area contributed by atoms with Crippen LogP contribution < -0.4 is 4.74 Å². The van der Waals surface area contributed by atoms with Gasteiger partial charge in [-0.3, -0.25) is 0 Å². The summed E-state index contributed by atoms with van der Waals surface area (Å²) in [6, 6.07) is 5.84. The Morgan fingerprint density at radius 2 is 2.17 bits per heavy atom. The van der Waals surface area contributed by atoms with Gasteiger partial charge in [0.15, 0.2) is 0 Å². The van der Waals surface area contributed by atoms with Gasteiger partial charge in [-0.15, -0.1) is 0 Å². The second kappa shape index (κ2) is 4.83. The van der Waals surface area contributed by atoms with Crippen LogP contribution in [0.1, 0.15) is 37.4 Å². The molecule has 2 atom stereocenters. The van der Waals surface area contributed by atoms with Crippen molar-refractivity contribution in [2.24, 2.45) is 0 Å². The van der Waals surface area contributed by atoms with Gasteiger partial charge in [-0.05, 0) is 31.0 Å². The molecule has 98 valence electrons. The first kappa shape index (κ1) is 12.5. The summed E-state index contributed by atoms with van der Waals surface area (Å²) >= 11 is 3.43. The molecule has 1 aromatic carbocycles. The first-order valence-electron chi connectivity index (χ1n) is 6.43. The molecular formula is C14H17BrO3. The number of benzene rings is 1. The van der Waals surface area contributed by atoms with Crippen LogP contribution in [0.4, 0.5) is 0 Å². The average molecular weight is 313 g/mol. The lowest BCUT2D eigenvalue weighted by Crippen LogP contribution is -2.41. The Morgan fingerprint density at radius 3 is 3.06 bits per heavy atom. The van der Waals surface area contributed by atoms with Crippen molar-refractivity contribution in [3.05, 3.63) is 28.2 Å². The van der Waals surface area contributed by atoms with Gasteiger partial charge in [0.25, 0.3) is 0 Å². The fourth-order valence-electron chi connectivity index (χ4n) is 2.90. The lowest BCUT2D eigenvalue weighted by Gasteiger charge is -2.40. The van der Waals surface area contributed by atoms with Crippen LogP contribution in [-0.2, 0) is 4.74 Å². The first-order valence-corrected chi connectivity index (χ1v) is 7.22. The number of aliphatic hydroxyl groups is 1. The Kier molecular flexibility index (Phi) is 3.34. The third-order valence-corrected chi connectivity index (χ3v) is 4.34. The summed E-state index contributed by atoms with van der Waals surface area (Å²) in [5, 5.41) is 10.4. The number of halogens is 1. The van der Waals surface area contributed by atoms with Crippen LogP contribution in [0.3, 0.4) is 0 Å². The van der Waals surface area contributed by atoms with Crippen LogP contribution in [-0.4, -0.2) is 23.9 Å². The molecule has 0 aliphatic carbocycles. The van der Waals surface area contributed by atoms with E-state index in [1.165, 1.54) is 0 Å². The predicted octanol–water partition coefficient (Wildman–Crippen LogP) is 3.20. The third-order valence-electron chi connectivity index (χ3n) is 3.85. The summed E-state index contributed by atoms with van der Waals surface area (Å²) < 4.78 is 12.7. The largest absolute Gasteiger partial charge is 0.487 e. The van der Waals surface area contributed by atoms with Gasteiger partial charge < -0.3 is 14.6 Å². The number of hydrogen-bond acceptors (Lipinski definition) is 3. The van der Waals surface area contributed by atoms with E-state index < -0.39 is 6.10 Å². The molecule has 2 aliphatic rings. The molecule has 1 aromatic rings. The molecule has 1 saturated heterocycles. The lowest BCUT2D eigenvalue weighted by molar-refractivity contribution is -0.0272. The summed E-state index contributed by atoms with van der Waals surface area (Å²) in [5.41, 5.74) is 0.650. The SMILES string of the molecule is O[C@H]1CC2(CCCOCC2)Oc2ccc(Br)cc21. The normalized spacial score (nSPS) is 31.6. The quantitative estimate of drug-likeness (QED) is 0.799. The molecule has 0 aromatic heterocycles. The van der Waals surface area contributed by atoms with Crippen molar-refractivity contribution >= 4 is 15.9 Å². The average Bonchev–Trinajstić information content (AvgIpc) is 2.56. The van der Waals surface area contributed by atoms with E-state index >= 15 is 0 Å². The lowest BCUT2D eigenvalue weighted by atomic mass is 9.83. The van der Waals surface area contributed by atoms with E-state index in [0.29, 0.717) is 6.42 Å². The monoisotopic (exact) mass is 312 g/mol. The van der Waals surface area contributed by atoms with Crippen molar-refractivity contribution in [2.45, 2.75) is 37.4 Å². The molecule has 3 rings (SSSR count). The van der Waals surface area contributed by atoms with E-state index in [2.05, 4.69) is 15.9 Å². The molecule has 1 fully saturated rings. The second-order valence-corrected chi connectivity index (χ2v) is 6.07. The zero-order valence-corrected chi connectivity index (χ0v) is 11.8. The zero-order chi connectivity index (χ0) is 12.6. The number of ether oxygens (including phenoxy) is 2. The molecular weight excluding hydrogens is 296 g/mol. The van der Waals surface area contributed by atoms with Crippen LogP contribution >= 0.6 is 15.9 Å². The molecule has 4 heteroatoms. The minimum Gasteiger partial charge on any atom is -0.487 e.